The molecular formula is C23H26N6O4S. The number of anilines is 1. The number of carbonyl (C=O) groups is 1. The summed E-state index contributed by atoms with van der Waals surface area (Å²) in [6.45, 7) is 0. The molecule has 178 valence electrons. The first-order valence-corrected chi connectivity index (χ1v) is 12.9. The van der Waals surface area contributed by atoms with E-state index < -0.39 is 15.9 Å². The lowest BCUT2D eigenvalue weighted by Crippen LogP contribution is -2.36. The molecule has 5 rings (SSSR count). The second kappa shape index (κ2) is 8.32. The number of aromatic amines is 1. The van der Waals surface area contributed by atoms with Crippen molar-refractivity contribution in [2.75, 3.05) is 19.1 Å². The number of rotatable bonds is 5. The van der Waals surface area contributed by atoms with Crippen LogP contribution in [0.25, 0.3) is 27.8 Å². The summed E-state index contributed by atoms with van der Waals surface area (Å²) in [5, 5.41) is 0.997. The predicted molar refractivity (Wildman–Crippen MR) is 129 cm³/mol. The van der Waals surface area contributed by atoms with Crippen molar-refractivity contribution in [1.82, 2.24) is 24.1 Å². The number of ether oxygens (including phenoxy) is 1. The summed E-state index contributed by atoms with van der Waals surface area (Å²) in [5.74, 6) is 1.31. The van der Waals surface area contributed by atoms with Gasteiger partial charge in [0.2, 0.25) is 15.9 Å². The number of imidazole rings is 1. The third kappa shape index (κ3) is 3.96. The summed E-state index contributed by atoms with van der Waals surface area (Å²) >= 11 is 0. The van der Waals surface area contributed by atoms with Crippen molar-refractivity contribution in [3.8, 4) is 17.1 Å². The largest absolute Gasteiger partial charge is 0.495 e. The second-order valence-electron chi connectivity index (χ2n) is 8.74. The highest BCUT2D eigenvalue weighted by atomic mass is 32.2. The highest BCUT2D eigenvalue weighted by Gasteiger charge is 2.31. The van der Waals surface area contributed by atoms with E-state index in [1.807, 2.05) is 34.9 Å². The fourth-order valence-electron chi connectivity index (χ4n) is 4.87. The minimum absolute atomic E-state index is 0.101. The number of hydrogen-bond acceptors (Lipinski definition) is 7. The molecule has 0 radical (unpaired) electrons. The molecule has 0 bridgehead atoms. The maximum atomic E-state index is 12.3. The topological polar surface area (TPSA) is 144 Å². The quantitative estimate of drug-likeness (QED) is 0.397. The van der Waals surface area contributed by atoms with E-state index in [1.54, 1.807) is 13.3 Å². The van der Waals surface area contributed by atoms with Crippen molar-refractivity contribution in [1.29, 1.82) is 0 Å². The Morgan fingerprint density at radius 1 is 1.26 bits per heavy atom. The molecule has 1 fully saturated rings. The Morgan fingerprint density at radius 3 is 2.74 bits per heavy atom. The van der Waals surface area contributed by atoms with Gasteiger partial charge in [0.15, 0.2) is 0 Å². The number of para-hydroxylation sites is 1. The number of aromatic nitrogens is 4. The molecule has 3 aromatic heterocycles. The van der Waals surface area contributed by atoms with Crippen LogP contribution in [0.1, 0.15) is 37.4 Å². The van der Waals surface area contributed by atoms with Crippen LogP contribution < -0.4 is 15.2 Å². The van der Waals surface area contributed by atoms with Crippen molar-refractivity contribution >= 4 is 38.2 Å². The van der Waals surface area contributed by atoms with E-state index in [4.69, 9.17) is 15.5 Å². The average Bonchev–Trinajstić information content (AvgIpc) is 3.40. The predicted octanol–water partition coefficient (Wildman–Crippen LogP) is 2.82. The molecule has 0 aliphatic heterocycles. The summed E-state index contributed by atoms with van der Waals surface area (Å²) in [6.07, 6.45) is 7.08. The lowest BCUT2D eigenvalue weighted by Gasteiger charge is -2.26. The van der Waals surface area contributed by atoms with Gasteiger partial charge in [0.1, 0.15) is 28.6 Å². The number of amides is 1. The highest BCUT2D eigenvalue weighted by Crippen LogP contribution is 2.39. The number of H-pyrrole nitrogens is 1. The number of hydrogen-bond donors (Lipinski definition) is 3. The molecule has 0 spiro atoms. The Kier molecular flexibility index (Phi) is 5.43. The van der Waals surface area contributed by atoms with E-state index in [-0.39, 0.29) is 11.8 Å². The number of carbonyl (C=O) groups excluding carboxylic acids is 1. The van der Waals surface area contributed by atoms with Gasteiger partial charge in [-0.2, -0.15) is 0 Å². The van der Waals surface area contributed by atoms with Crippen LogP contribution in [-0.2, 0) is 14.8 Å². The Morgan fingerprint density at radius 2 is 2.03 bits per heavy atom. The van der Waals surface area contributed by atoms with Gasteiger partial charge in [-0.1, -0.05) is 12.1 Å². The Hall–Kier alpha value is -3.60. The van der Waals surface area contributed by atoms with Crippen LogP contribution in [0.5, 0.6) is 5.75 Å². The molecule has 34 heavy (non-hydrogen) atoms. The molecule has 0 atom stereocenters. The summed E-state index contributed by atoms with van der Waals surface area (Å²) in [6, 6.07) is 7.85. The van der Waals surface area contributed by atoms with E-state index in [0.29, 0.717) is 37.2 Å². The second-order valence-corrected chi connectivity index (χ2v) is 10.5. The summed E-state index contributed by atoms with van der Waals surface area (Å²) < 4.78 is 32.4. The van der Waals surface area contributed by atoms with Crippen LogP contribution >= 0.6 is 0 Å². The van der Waals surface area contributed by atoms with Gasteiger partial charge in [-0.15, -0.1) is 0 Å². The normalized spacial score (nSPS) is 18.9. The number of nitrogens with two attached hydrogens (primary N) is 1. The van der Waals surface area contributed by atoms with Gasteiger partial charge in [-0.3, -0.25) is 13.9 Å². The summed E-state index contributed by atoms with van der Waals surface area (Å²) in [5.41, 5.74) is 9.40. The SMILES string of the molecule is COc1cccc2cc(-c3nc(C4CCC(C(=O)NS(C)(=O)=O)CC4)n4ccnc(N)c34)[nH]c12. The van der Waals surface area contributed by atoms with Gasteiger partial charge in [0.25, 0.3) is 0 Å². The Labute approximate surface area is 196 Å². The standard InChI is InChI=1S/C23H26N6O4S/c1-33-17-5-3-4-15-12-16(26-18(15)17)19-20-21(24)25-10-11-29(20)22(27-19)13-6-8-14(9-7-13)23(30)28-34(2,31)32/h3-5,10-14,26H,6-9H2,1-2H3,(H2,24,25)(H,28,30). The molecule has 10 nitrogen and oxygen atoms in total. The molecular weight excluding hydrogens is 456 g/mol. The first-order valence-electron chi connectivity index (χ1n) is 11.1. The lowest BCUT2D eigenvalue weighted by molar-refractivity contribution is -0.124. The van der Waals surface area contributed by atoms with E-state index >= 15 is 0 Å². The number of methoxy groups -OCH3 is 1. The summed E-state index contributed by atoms with van der Waals surface area (Å²) in [4.78, 5) is 25.0. The molecule has 4 N–H and O–H groups in total. The Bertz CT molecular complexity index is 1500. The van der Waals surface area contributed by atoms with Crippen LogP contribution in [-0.4, -0.2) is 47.0 Å². The van der Waals surface area contributed by atoms with Gasteiger partial charge in [0, 0.05) is 29.6 Å². The number of nitrogen functional groups attached to an aromatic ring is 1. The van der Waals surface area contributed by atoms with E-state index in [1.165, 1.54) is 0 Å². The number of benzene rings is 1. The zero-order chi connectivity index (χ0) is 24.0. The zero-order valence-electron chi connectivity index (χ0n) is 18.9. The number of fused-ring (bicyclic) bond motifs is 2. The minimum atomic E-state index is -3.56. The van der Waals surface area contributed by atoms with E-state index in [9.17, 15) is 13.2 Å². The van der Waals surface area contributed by atoms with E-state index in [2.05, 4.69) is 14.7 Å². The molecule has 4 aromatic rings. The highest BCUT2D eigenvalue weighted by molar-refractivity contribution is 7.89. The third-order valence-electron chi connectivity index (χ3n) is 6.45. The van der Waals surface area contributed by atoms with Crippen molar-refractivity contribution in [2.24, 2.45) is 5.92 Å². The molecule has 11 heteroatoms. The van der Waals surface area contributed by atoms with Gasteiger partial charge >= 0.3 is 0 Å². The monoisotopic (exact) mass is 482 g/mol. The average molecular weight is 483 g/mol. The van der Waals surface area contributed by atoms with Gasteiger partial charge in [-0.25, -0.2) is 18.4 Å². The number of nitrogens with one attached hydrogen (secondary N) is 2. The van der Waals surface area contributed by atoms with Crippen LogP contribution in [0.4, 0.5) is 5.82 Å². The molecule has 1 amide bonds. The van der Waals surface area contributed by atoms with Crippen molar-refractivity contribution in [3.63, 3.8) is 0 Å². The molecule has 1 saturated carbocycles. The first kappa shape index (κ1) is 22.2. The van der Waals surface area contributed by atoms with Crippen LogP contribution in [0.3, 0.4) is 0 Å². The maximum Gasteiger partial charge on any atom is 0.236 e. The van der Waals surface area contributed by atoms with Crippen LogP contribution in [0.2, 0.25) is 0 Å². The van der Waals surface area contributed by atoms with Crippen LogP contribution in [0, 0.1) is 5.92 Å². The molecule has 3 heterocycles. The number of sulfonamides is 1. The van der Waals surface area contributed by atoms with Gasteiger partial charge in [-0.05, 0) is 37.8 Å². The fourth-order valence-corrected chi connectivity index (χ4v) is 5.40. The zero-order valence-corrected chi connectivity index (χ0v) is 19.7. The van der Waals surface area contributed by atoms with E-state index in [0.717, 1.165) is 39.9 Å². The van der Waals surface area contributed by atoms with Crippen molar-refractivity contribution in [2.45, 2.75) is 31.6 Å². The third-order valence-corrected chi connectivity index (χ3v) is 7.02. The molecule has 0 saturated heterocycles. The first-order chi connectivity index (χ1) is 16.2. The number of nitrogens with zero attached hydrogens (tertiary/aromatic N) is 3. The molecule has 1 aromatic carbocycles. The van der Waals surface area contributed by atoms with Crippen LogP contribution in [0.15, 0.2) is 36.7 Å². The molecule has 1 aliphatic rings. The molecule has 0 unspecified atom stereocenters. The maximum absolute atomic E-state index is 12.3. The lowest BCUT2D eigenvalue weighted by atomic mass is 9.81. The Balaban J connectivity index is 1.50. The van der Waals surface area contributed by atoms with Crippen molar-refractivity contribution in [3.05, 3.63) is 42.5 Å². The summed E-state index contributed by atoms with van der Waals surface area (Å²) in [7, 11) is -1.93. The fraction of sp³-hybridized carbons (Fsp3) is 0.348. The molecule has 1 aliphatic carbocycles. The van der Waals surface area contributed by atoms with Gasteiger partial charge in [0.05, 0.1) is 24.6 Å². The van der Waals surface area contributed by atoms with Crippen molar-refractivity contribution < 1.29 is 17.9 Å². The van der Waals surface area contributed by atoms with Gasteiger partial charge < -0.3 is 15.5 Å². The minimum Gasteiger partial charge on any atom is -0.495 e. The smallest absolute Gasteiger partial charge is 0.236 e.